The number of hydrogen-bond acceptors (Lipinski definition) is 6. The van der Waals surface area contributed by atoms with Gasteiger partial charge in [0.1, 0.15) is 0 Å². The number of benzene rings is 2. The molecule has 2 aromatic carbocycles. The summed E-state index contributed by atoms with van der Waals surface area (Å²) in [6.07, 6.45) is 2.35. The van der Waals surface area contributed by atoms with Crippen LogP contribution in [-0.2, 0) is 25.1 Å². The van der Waals surface area contributed by atoms with Gasteiger partial charge in [0.25, 0.3) is 0 Å². The fourth-order valence-electron chi connectivity index (χ4n) is 3.95. The molecule has 32 heavy (non-hydrogen) atoms. The molecule has 1 saturated heterocycles. The van der Waals surface area contributed by atoms with Crippen LogP contribution in [-0.4, -0.2) is 44.3 Å². The number of para-hydroxylation sites is 1. The van der Waals surface area contributed by atoms with Crippen LogP contribution in [0, 0.1) is 6.92 Å². The van der Waals surface area contributed by atoms with E-state index in [0.717, 1.165) is 34.2 Å². The number of carbonyl (C=O) groups excluding carboxylic acids is 1. The number of sulfone groups is 1. The molecule has 4 rings (SSSR count). The Hall–Kier alpha value is -2.29. The molecule has 1 atom stereocenters. The van der Waals surface area contributed by atoms with Gasteiger partial charge in [-0.3, -0.25) is 9.69 Å². The van der Waals surface area contributed by atoms with Gasteiger partial charge in [-0.2, -0.15) is 0 Å². The first-order chi connectivity index (χ1) is 15.4. The lowest BCUT2D eigenvalue weighted by molar-refractivity contribution is -0.119. The molecule has 1 fully saturated rings. The van der Waals surface area contributed by atoms with Crippen molar-refractivity contribution in [3.8, 4) is 0 Å². The van der Waals surface area contributed by atoms with Gasteiger partial charge >= 0.3 is 0 Å². The molecule has 0 saturated carbocycles. The van der Waals surface area contributed by atoms with Gasteiger partial charge in [-0.1, -0.05) is 53.8 Å². The quantitative estimate of drug-likeness (QED) is 0.458. The molecule has 0 bridgehead atoms. The lowest BCUT2D eigenvalue weighted by atomic mass is 10.2. The average molecular weight is 473 g/mol. The molecule has 2 heterocycles. The number of thiazole rings is 1. The minimum Gasteiger partial charge on any atom is -0.376 e. The first-order valence-corrected chi connectivity index (χ1v) is 13.6. The van der Waals surface area contributed by atoms with Gasteiger partial charge in [-0.25, -0.2) is 13.4 Å². The Bertz CT molecular complexity index is 1170. The number of amides is 1. The molecular formula is C24H28N2O4S2. The molecule has 0 aliphatic carbocycles. The van der Waals surface area contributed by atoms with Gasteiger partial charge in [0.05, 0.1) is 34.4 Å². The normalized spacial score (nSPS) is 16.5. The largest absolute Gasteiger partial charge is 0.376 e. The van der Waals surface area contributed by atoms with Crippen molar-refractivity contribution in [1.29, 1.82) is 0 Å². The SMILES string of the molecule is Cc1cccc2sc(N(CC3CCCO3)C(=O)CCCS(=O)(=O)Cc3ccccc3)nc12. The van der Waals surface area contributed by atoms with Gasteiger partial charge < -0.3 is 4.74 Å². The van der Waals surface area contributed by atoms with Gasteiger partial charge in [0, 0.05) is 13.0 Å². The number of anilines is 1. The maximum Gasteiger partial charge on any atom is 0.228 e. The van der Waals surface area contributed by atoms with Gasteiger partial charge in [-0.15, -0.1) is 0 Å². The van der Waals surface area contributed by atoms with E-state index in [1.807, 2.05) is 43.3 Å². The van der Waals surface area contributed by atoms with E-state index in [0.29, 0.717) is 24.7 Å². The van der Waals surface area contributed by atoms with E-state index in [1.54, 1.807) is 17.0 Å². The molecule has 0 N–H and O–H groups in total. The summed E-state index contributed by atoms with van der Waals surface area (Å²) in [7, 11) is -3.28. The number of carbonyl (C=O) groups is 1. The number of ether oxygens (including phenoxy) is 1. The molecule has 1 aliphatic heterocycles. The van der Waals surface area contributed by atoms with E-state index in [9.17, 15) is 13.2 Å². The molecular weight excluding hydrogens is 444 g/mol. The van der Waals surface area contributed by atoms with E-state index in [1.165, 1.54) is 11.3 Å². The van der Waals surface area contributed by atoms with E-state index >= 15 is 0 Å². The molecule has 1 amide bonds. The third-order valence-electron chi connectivity index (χ3n) is 5.63. The van der Waals surface area contributed by atoms with Crippen LogP contribution in [0.4, 0.5) is 5.13 Å². The third kappa shape index (κ3) is 5.74. The van der Waals surface area contributed by atoms with Crippen molar-refractivity contribution in [3.05, 3.63) is 59.7 Å². The molecule has 1 aromatic heterocycles. The summed E-state index contributed by atoms with van der Waals surface area (Å²) in [6, 6.07) is 15.1. The maximum absolute atomic E-state index is 13.2. The topological polar surface area (TPSA) is 76.6 Å². The predicted octanol–water partition coefficient (Wildman–Crippen LogP) is 4.51. The fraction of sp³-hybridized carbons (Fsp3) is 0.417. The van der Waals surface area contributed by atoms with Crippen molar-refractivity contribution in [1.82, 2.24) is 4.98 Å². The predicted molar refractivity (Wildman–Crippen MR) is 129 cm³/mol. The number of aromatic nitrogens is 1. The average Bonchev–Trinajstić information content (AvgIpc) is 3.42. The lowest BCUT2D eigenvalue weighted by Crippen LogP contribution is -2.37. The van der Waals surface area contributed by atoms with Crippen LogP contribution in [0.5, 0.6) is 0 Å². The van der Waals surface area contributed by atoms with Crippen LogP contribution in [0.3, 0.4) is 0 Å². The second-order valence-electron chi connectivity index (χ2n) is 8.24. The van der Waals surface area contributed by atoms with Crippen molar-refractivity contribution in [3.63, 3.8) is 0 Å². The van der Waals surface area contributed by atoms with E-state index in [4.69, 9.17) is 9.72 Å². The van der Waals surface area contributed by atoms with Gasteiger partial charge in [0.2, 0.25) is 5.91 Å². The van der Waals surface area contributed by atoms with Crippen LogP contribution in [0.2, 0.25) is 0 Å². The zero-order valence-corrected chi connectivity index (χ0v) is 19.8. The summed E-state index contributed by atoms with van der Waals surface area (Å²) in [5.74, 6) is -0.119. The maximum atomic E-state index is 13.2. The second kappa shape index (κ2) is 10.1. The Labute approximate surface area is 193 Å². The molecule has 0 spiro atoms. The zero-order chi connectivity index (χ0) is 22.6. The summed E-state index contributed by atoms with van der Waals surface area (Å²) in [6.45, 7) is 3.17. The van der Waals surface area contributed by atoms with E-state index in [-0.39, 0.29) is 29.9 Å². The molecule has 8 heteroatoms. The Kier molecular flexibility index (Phi) is 7.23. The summed E-state index contributed by atoms with van der Waals surface area (Å²) in [5, 5.41) is 0.655. The van der Waals surface area contributed by atoms with Crippen molar-refractivity contribution in [2.24, 2.45) is 0 Å². The molecule has 0 radical (unpaired) electrons. The number of hydrogen-bond donors (Lipinski definition) is 0. The summed E-state index contributed by atoms with van der Waals surface area (Å²) in [5.41, 5.74) is 2.74. The van der Waals surface area contributed by atoms with Crippen LogP contribution in [0.1, 0.15) is 36.8 Å². The Morgan fingerprint density at radius 3 is 2.72 bits per heavy atom. The van der Waals surface area contributed by atoms with Gasteiger partial charge in [0.15, 0.2) is 15.0 Å². The molecule has 170 valence electrons. The molecule has 1 aliphatic rings. The minimum atomic E-state index is -3.28. The second-order valence-corrected chi connectivity index (χ2v) is 11.4. The standard InChI is InChI=1S/C24H28N2O4S2/c1-18-8-5-12-21-23(18)25-24(31-21)26(16-20-11-6-14-30-20)22(27)13-7-15-32(28,29)17-19-9-3-2-4-10-19/h2-5,8-10,12,20H,6-7,11,13-17H2,1H3. The Morgan fingerprint density at radius 1 is 1.19 bits per heavy atom. The van der Waals surface area contributed by atoms with Crippen molar-refractivity contribution < 1.29 is 17.9 Å². The number of fused-ring (bicyclic) bond motifs is 1. The Balaban J connectivity index is 1.44. The van der Waals surface area contributed by atoms with Crippen molar-refractivity contribution in [2.45, 2.75) is 44.5 Å². The highest BCUT2D eigenvalue weighted by molar-refractivity contribution is 7.90. The molecule has 1 unspecified atom stereocenters. The van der Waals surface area contributed by atoms with Crippen LogP contribution < -0.4 is 4.90 Å². The molecule has 6 nitrogen and oxygen atoms in total. The third-order valence-corrected chi connectivity index (χ3v) is 8.35. The minimum absolute atomic E-state index is 0.00119. The zero-order valence-electron chi connectivity index (χ0n) is 18.2. The first kappa shape index (κ1) is 22.9. The van der Waals surface area contributed by atoms with Crippen molar-refractivity contribution >= 4 is 42.4 Å². The van der Waals surface area contributed by atoms with Crippen LogP contribution in [0.15, 0.2) is 48.5 Å². The van der Waals surface area contributed by atoms with Gasteiger partial charge in [-0.05, 0) is 43.4 Å². The van der Waals surface area contributed by atoms with E-state index < -0.39 is 9.84 Å². The lowest BCUT2D eigenvalue weighted by Gasteiger charge is -2.23. The van der Waals surface area contributed by atoms with Crippen LogP contribution in [0.25, 0.3) is 10.2 Å². The Morgan fingerprint density at radius 2 is 2.00 bits per heavy atom. The highest BCUT2D eigenvalue weighted by Crippen LogP contribution is 2.32. The highest BCUT2D eigenvalue weighted by atomic mass is 32.2. The summed E-state index contributed by atoms with van der Waals surface area (Å²) >= 11 is 1.49. The fourth-order valence-corrected chi connectivity index (χ4v) is 6.45. The number of rotatable bonds is 9. The monoisotopic (exact) mass is 472 g/mol. The number of nitrogens with zero attached hydrogens (tertiary/aromatic N) is 2. The smallest absolute Gasteiger partial charge is 0.228 e. The number of aryl methyl sites for hydroxylation is 1. The highest BCUT2D eigenvalue weighted by Gasteiger charge is 2.26. The van der Waals surface area contributed by atoms with Crippen molar-refractivity contribution in [2.75, 3.05) is 23.8 Å². The first-order valence-electron chi connectivity index (χ1n) is 10.9. The van der Waals surface area contributed by atoms with Crippen LogP contribution >= 0.6 is 11.3 Å². The van der Waals surface area contributed by atoms with E-state index in [2.05, 4.69) is 0 Å². The summed E-state index contributed by atoms with van der Waals surface area (Å²) < 4.78 is 31.8. The summed E-state index contributed by atoms with van der Waals surface area (Å²) in [4.78, 5) is 19.6. The molecule has 3 aromatic rings.